The number of likely N-dealkylation sites (tertiary alicyclic amines) is 2. The van der Waals surface area contributed by atoms with Gasteiger partial charge in [-0.25, -0.2) is 4.39 Å². The molecule has 1 atom stereocenters. The van der Waals surface area contributed by atoms with Gasteiger partial charge in [-0.3, -0.25) is 14.4 Å². The number of rotatable bonds is 5. The molecule has 0 aromatic heterocycles. The Morgan fingerprint density at radius 3 is 2.37 bits per heavy atom. The van der Waals surface area contributed by atoms with Crippen LogP contribution in [0.2, 0.25) is 0 Å². The first-order valence-corrected chi connectivity index (χ1v) is 12.0. The molecule has 3 amide bonds. The minimum atomic E-state index is -0.683. The van der Waals surface area contributed by atoms with Gasteiger partial charge in [0.2, 0.25) is 12.7 Å². The maximum Gasteiger partial charge on any atom is 0.253 e. The molecule has 0 aliphatic carbocycles. The van der Waals surface area contributed by atoms with Crippen LogP contribution in [0.4, 0.5) is 4.39 Å². The SMILES string of the molecule is O=C(N[C@@H](C(=O)N1CCCC1)C1CCN(C(=O)c2cccc(F)c2)CC1)c1ccc2c(c1)OCO2. The van der Waals surface area contributed by atoms with E-state index in [0.29, 0.717) is 61.6 Å². The minimum Gasteiger partial charge on any atom is -0.454 e. The molecule has 9 heteroatoms. The number of benzene rings is 2. The van der Waals surface area contributed by atoms with E-state index >= 15 is 0 Å². The summed E-state index contributed by atoms with van der Waals surface area (Å²) in [5.41, 5.74) is 0.705. The molecule has 35 heavy (non-hydrogen) atoms. The number of amides is 3. The minimum absolute atomic E-state index is 0.0773. The number of carbonyl (C=O) groups is 3. The van der Waals surface area contributed by atoms with Crippen LogP contribution in [0.3, 0.4) is 0 Å². The molecule has 5 rings (SSSR count). The van der Waals surface area contributed by atoms with E-state index in [2.05, 4.69) is 5.32 Å². The average molecular weight is 482 g/mol. The van der Waals surface area contributed by atoms with Crippen LogP contribution in [0.1, 0.15) is 46.4 Å². The van der Waals surface area contributed by atoms with Crippen molar-refractivity contribution in [1.29, 1.82) is 0 Å². The highest BCUT2D eigenvalue weighted by molar-refractivity contribution is 5.98. The van der Waals surface area contributed by atoms with Gasteiger partial charge in [-0.2, -0.15) is 0 Å². The topological polar surface area (TPSA) is 88.2 Å². The maximum atomic E-state index is 13.6. The van der Waals surface area contributed by atoms with E-state index in [1.54, 1.807) is 29.2 Å². The summed E-state index contributed by atoms with van der Waals surface area (Å²) in [4.78, 5) is 42.9. The largest absolute Gasteiger partial charge is 0.454 e. The molecular weight excluding hydrogens is 453 g/mol. The van der Waals surface area contributed by atoms with Gasteiger partial charge in [0.15, 0.2) is 11.5 Å². The van der Waals surface area contributed by atoms with Crippen LogP contribution in [0.5, 0.6) is 11.5 Å². The summed E-state index contributed by atoms with van der Waals surface area (Å²) in [7, 11) is 0. The van der Waals surface area contributed by atoms with Crippen molar-refractivity contribution in [1.82, 2.24) is 15.1 Å². The Morgan fingerprint density at radius 2 is 1.63 bits per heavy atom. The molecule has 1 N–H and O–H groups in total. The van der Waals surface area contributed by atoms with Crippen LogP contribution >= 0.6 is 0 Å². The number of nitrogens with one attached hydrogen (secondary N) is 1. The van der Waals surface area contributed by atoms with Gasteiger partial charge >= 0.3 is 0 Å². The van der Waals surface area contributed by atoms with Crippen molar-refractivity contribution < 1.29 is 28.2 Å². The molecule has 0 bridgehead atoms. The lowest BCUT2D eigenvalue weighted by Gasteiger charge is -2.37. The number of nitrogens with zero attached hydrogens (tertiary/aromatic N) is 2. The Bertz CT molecular complexity index is 1130. The van der Waals surface area contributed by atoms with Crippen molar-refractivity contribution in [3.63, 3.8) is 0 Å². The zero-order valence-corrected chi connectivity index (χ0v) is 19.4. The Hall–Kier alpha value is -3.62. The Balaban J connectivity index is 1.29. The van der Waals surface area contributed by atoms with E-state index in [4.69, 9.17) is 9.47 Å². The highest BCUT2D eigenvalue weighted by Crippen LogP contribution is 2.33. The molecule has 2 aromatic rings. The van der Waals surface area contributed by atoms with E-state index < -0.39 is 11.9 Å². The number of hydrogen-bond acceptors (Lipinski definition) is 5. The van der Waals surface area contributed by atoms with E-state index in [0.717, 1.165) is 12.8 Å². The molecule has 3 aliphatic rings. The first kappa shape index (κ1) is 23.1. The average Bonchev–Trinajstić information content (AvgIpc) is 3.58. The summed E-state index contributed by atoms with van der Waals surface area (Å²) in [6.45, 7) is 2.36. The first-order chi connectivity index (χ1) is 17.0. The number of hydrogen-bond donors (Lipinski definition) is 1. The molecule has 184 valence electrons. The van der Waals surface area contributed by atoms with Crippen molar-refractivity contribution in [2.75, 3.05) is 33.0 Å². The van der Waals surface area contributed by atoms with Crippen molar-refractivity contribution >= 4 is 17.7 Å². The normalized spacial score (nSPS) is 18.4. The number of fused-ring (bicyclic) bond motifs is 1. The van der Waals surface area contributed by atoms with Gasteiger partial charge in [-0.15, -0.1) is 0 Å². The summed E-state index contributed by atoms with van der Waals surface area (Å²) in [5.74, 6) is -0.128. The molecule has 3 aliphatic heterocycles. The van der Waals surface area contributed by atoms with Gasteiger partial charge in [0.1, 0.15) is 11.9 Å². The molecule has 2 fully saturated rings. The number of carbonyl (C=O) groups excluding carboxylic acids is 3. The van der Waals surface area contributed by atoms with Crippen LogP contribution in [0.15, 0.2) is 42.5 Å². The lowest BCUT2D eigenvalue weighted by atomic mass is 9.88. The van der Waals surface area contributed by atoms with Crippen molar-refractivity contribution in [2.45, 2.75) is 31.7 Å². The zero-order chi connectivity index (χ0) is 24.4. The van der Waals surface area contributed by atoms with Gasteiger partial charge in [0.25, 0.3) is 11.8 Å². The van der Waals surface area contributed by atoms with Crippen LogP contribution < -0.4 is 14.8 Å². The molecule has 0 radical (unpaired) electrons. The second kappa shape index (κ2) is 9.93. The third-order valence-corrected chi connectivity index (χ3v) is 6.97. The number of ether oxygens (including phenoxy) is 2. The smallest absolute Gasteiger partial charge is 0.253 e. The predicted octanol–water partition coefficient (Wildman–Crippen LogP) is 2.83. The number of halogens is 1. The summed E-state index contributed by atoms with van der Waals surface area (Å²) in [6, 6.07) is 9.94. The van der Waals surface area contributed by atoms with Crippen LogP contribution in [-0.2, 0) is 4.79 Å². The lowest BCUT2D eigenvalue weighted by Crippen LogP contribution is -2.54. The van der Waals surface area contributed by atoms with Crippen LogP contribution in [0.25, 0.3) is 0 Å². The lowest BCUT2D eigenvalue weighted by molar-refractivity contribution is -0.134. The quantitative estimate of drug-likeness (QED) is 0.710. The summed E-state index contributed by atoms with van der Waals surface area (Å²) in [6.07, 6.45) is 3.03. The molecule has 0 spiro atoms. The molecular formula is C26H28FN3O5. The Morgan fingerprint density at radius 1 is 0.886 bits per heavy atom. The molecule has 3 heterocycles. The first-order valence-electron chi connectivity index (χ1n) is 12.0. The van der Waals surface area contributed by atoms with Crippen LogP contribution in [-0.4, -0.2) is 66.5 Å². The summed E-state index contributed by atoms with van der Waals surface area (Å²) >= 11 is 0. The second-order valence-corrected chi connectivity index (χ2v) is 9.19. The fraction of sp³-hybridized carbons (Fsp3) is 0.423. The summed E-state index contributed by atoms with van der Waals surface area (Å²) in [5, 5.41) is 2.97. The van der Waals surface area contributed by atoms with E-state index in [9.17, 15) is 18.8 Å². The summed E-state index contributed by atoms with van der Waals surface area (Å²) < 4.78 is 24.3. The highest BCUT2D eigenvalue weighted by Gasteiger charge is 2.37. The van der Waals surface area contributed by atoms with E-state index in [-0.39, 0.29) is 30.4 Å². The van der Waals surface area contributed by atoms with Crippen molar-refractivity contribution in [3.8, 4) is 11.5 Å². The van der Waals surface area contributed by atoms with Gasteiger partial charge in [0.05, 0.1) is 0 Å². The van der Waals surface area contributed by atoms with Crippen LogP contribution in [0, 0.1) is 11.7 Å². The molecule has 2 saturated heterocycles. The standard InChI is InChI=1S/C26H28FN3O5/c27-20-5-3-4-19(14-20)25(32)30-12-8-17(9-13-30)23(26(33)29-10-1-2-11-29)28-24(31)18-6-7-21-22(15-18)35-16-34-21/h3-7,14-15,17,23H,1-2,8-13,16H2,(H,28,31)/t23-/m1/s1. The predicted molar refractivity (Wildman–Crippen MR) is 125 cm³/mol. The third-order valence-electron chi connectivity index (χ3n) is 6.97. The second-order valence-electron chi connectivity index (χ2n) is 9.19. The van der Waals surface area contributed by atoms with E-state index in [1.165, 1.54) is 18.2 Å². The zero-order valence-electron chi connectivity index (χ0n) is 19.4. The fourth-order valence-corrected chi connectivity index (χ4v) is 5.02. The van der Waals surface area contributed by atoms with Crippen molar-refractivity contribution in [2.24, 2.45) is 5.92 Å². The maximum absolute atomic E-state index is 13.6. The number of piperidine rings is 1. The molecule has 0 unspecified atom stereocenters. The Kier molecular flexibility index (Phi) is 6.57. The highest BCUT2D eigenvalue weighted by atomic mass is 19.1. The molecule has 8 nitrogen and oxygen atoms in total. The molecule has 0 saturated carbocycles. The van der Waals surface area contributed by atoms with Gasteiger partial charge in [-0.1, -0.05) is 6.07 Å². The molecule has 2 aromatic carbocycles. The third kappa shape index (κ3) is 4.94. The Labute approximate surface area is 203 Å². The van der Waals surface area contributed by atoms with Gasteiger partial charge in [0, 0.05) is 37.3 Å². The monoisotopic (exact) mass is 481 g/mol. The fourth-order valence-electron chi connectivity index (χ4n) is 5.02. The van der Waals surface area contributed by atoms with Gasteiger partial charge in [-0.05, 0) is 68.0 Å². The van der Waals surface area contributed by atoms with Gasteiger partial charge < -0.3 is 24.6 Å². The van der Waals surface area contributed by atoms with Crippen molar-refractivity contribution in [3.05, 3.63) is 59.4 Å². The van der Waals surface area contributed by atoms with E-state index in [1.807, 2.05) is 4.90 Å².